The Morgan fingerprint density at radius 3 is 2.23 bits per heavy atom. The van der Waals surface area contributed by atoms with Crippen molar-refractivity contribution in [3.63, 3.8) is 0 Å². The first kappa shape index (κ1) is 27.5. The van der Waals surface area contributed by atoms with Gasteiger partial charge in [0.1, 0.15) is 18.1 Å². The number of carboxylic acid groups (broad SMARTS) is 1. The van der Waals surface area contributed by atoms with Crippen LogP contribution in [0.3, 0.4) is 0 Å². The molecule has 5 rings (SSSR count). The molecule has 1 atom stereocenters. The third-order valence-corrected chi connectivity index (χ3v) is 9.77. The molecule has 0 bridgehead atoms. The highest BCUT2D eigenvalue weighted by atomic mass is 32.3. The second-order valence-corrected chi connectivity index (χ2v) is 13.2. The molecule has 0 saturated carbocycles. The summed E-state index contributed by atoms with van der Waals surface area (Å²) in [5.74, 6) is 1.79. The molecule has 0 amide bonds. The van der Waals surface area contributed by atoms with E-state index in [2.05, 4.69) is 38.1 Å². The molecule has 8 heteroatoms. The zero-order valence-electron chi connectivity index (χ0n) is 22.4. The molecular weight excluding hydrogens is 516 g/mol. The van der Waals surface area contributed by atoms with Crippen LogP contribution in [-0.2, 0) is 21.6 Å². The van der Waals surface area contributed by atoms with Crippen molar-refractivity contribution in [2.75, 3.05) is 31.3 Å². The van der Waals surface area contributed by atoms with Crippen LogP contribution in [-0.4, -0.2) is 51.5 Å². The molecule has 2 heterocycles. The molecule has 3 aromatic carbocycles. The lowest BCUT2D eigenvalue weighted by Crippen LogP contribution is -2.48. The highest BCUT2D eigenvalue weighted by Gasteiger charge is 2.42. The van der Waals surface area contributed by atoms with Crippen molar-refractivity contribution in [3.8, 4) is 22.6 Å². The van der Waals surface area contributed by atoms with Gasteiger partial charge in [-0.05, 0) is 77.9 Å². The van der Waals surface area contributed by atoms with Gasteiger partial charge in [0.2, 0.25) is 0 Å². The summed E-state index contributed by atoms with van der Waals surface area (Å²) in [4.78, 5) is 11.3. The molecule has 2 fully saturated rings. The van der Waals surface area contributed by atoms with Gasteiger partial charge in [0.15, 0.2) is 0 Å². The van der Waals surface area contributed by atoms with E-state index in [0.717, 1.165) is 40.2 Å². The monoisotopic (exact) mass is 552 g/mol. The number of aryl methyl sites for hydroxylation is 1. The standard InChI is InChI=1S/C31H36O7S/c1-21-3-4-25(17-38-28-11-7-26(8-12-28)31(15-29(32)33)19-36-20-31)22(2)30(21)24-5-9-27(10-6-24)37-16-23-13-14-39(34,35)18-23/h3-12,23,34-35H,13-20H2,1-2H3,(H,32,33). The fourth-order valence-electron chi connectivity index (χ4n) is 5.53. The Bertz CT molecular complexity index is 1310. The number of hydrogen-bond acceptors (Lipinski definition) is 6. The van der Waals surface area contributed by atoms with Crippen molar-refractivity contribution in [2.24, 2.45) is 5.92 Å². The number of ether oxygens (including phenoxy) is 3. The molecule has 1 unspecified atom stereocenters. The van der Waals surface area contributed by atoms with Gasteiger partial charge in [-0.2, -0.15) is 10.6 Å². The number of hydrogen-bond donors (Lipinski definition) is 3. The van der Waals surface area contributed by atoms with Crippen molar-refractivity contribution in [2.45, 2.75) is 38.7 Å². The van der Waals surface area contributed by atoms with Crippen LogP contribution in [0.5, 0.6) is 11.5 Å². The molecule has 0 aromatic heterocycles. The van der Waals surface area contributed by atoms with Crippen LogP contribution in [0.25, 0.3) is 11.1 Å². The molecule has 39 heavy (non-hydrogen) atoms. The lowest BCUT2D eigenvalue weighted by molar-refractivity contribution is -0.145. The van der Waals surface area contributed by atoms with Crippen LogP contribution in [0.4, 0.5) is 0 Å². The number of rotatable bonds is 10. The highest BCUT2D eigenvalue weighted by molar-refractivity contribution is 8.24. The number of benzene rings is 3. The summed E-state index contributed by atoms with van der Waals surface area (Å²) in [5.41, 5.74) is 6.21. The topological polar surface area (TPSA) is 105 Å². The molecule has 0 spiro atoms. The first-order valence-electron chi connectivity index (χ1n) is 13.2. The minimum absolute atomic E-state index is 0.0566. The second-order valence-electron chi connectivity index (χ2n) is 10.9. The van der Waals surface area contributed by atoms with Crippen LogP contribution < -0.4 is 9.47 Å². The predicted octanol–water partition coefficient (Wildman–Crippen LogP) is 6.44. The smallest absolute Gasteiger partial charge is 0.304 e. The van der Waals surface area contributed by atoms with Gasteiger partial charge >= 0.3 is 5.97 Å². The van der Waals surface area contributed by atoms with E-state index < -0.39 is 22.0 Å². The summed E-state index contributed by atoms with van der Waals surface area (Å²) in [7, 11) is -2.40. The zero-order valence-corrected chi connectivity index (χ0v) is 23.2. The Morgan fingerprint density at radius 1 is 0.974 bits per heavy atom. The highest BCUT2D eigenvalue weighted by Crippen LogP contribution is 2.48. The molecule has 0 radical (unpaired) electrons. The second kappa shape index (κ2) is 11.2. The Morgan fingerprint density at radius 2 is 1.64 bits per heavy atom. The van der Waals surface area contributed by atoms with Crippen molar-refractivity contribution in [1.82, 2.24) is 0 Å². The maximum absolute atomic E-state index is 11.3. The largest absolute Gasteiger partial charge is 0.493 e. The van der Waals surface area contributed by atoms with Gasteiger partial charge in [0, 0.05) is 17.4 Å². The molecule has 2 saturated heterocycles. The van der Waals surface area contributed by atoms with Gasteiger partial charge in [0.25, 0.3) is 0 Å². The number of aliphatic carboxylic acids is 1. The molecule has 3 N–H and O–H groups in total. The van der Waals surface area contributed by atoms with Crippen molar-refractivity contribution >= 4 is 16.6 Å². The van der Waals surface area contributed by atoms with E-state index in [9.17, 15) is 19.0 Å². The van der Waals surface area contributed by atoms with Gasteiger partial charge in [0.05, 0.1) is 31.7 Å². The van der Waals surface area contributed by atoms with E-state index in [1.54, 1.807) is 0 Å². The van der Waals surface area contributed by atoms with E-state index in [1.807, 2.05) is 36.4 Å². The Balaban J connectivity index is 1.23. The van der Waals surface area contributed by atoms with Crippen LogP contribution in [0, 0.1) is 19.8 Å². The lowest BCUT2D eigenvalue weighted by Gasteiger charge is -2.40. The van der Waals surface area contributed by atoms with E-state index in [-0.39, 0.29) is 12.3 Å². The number of carbonyl (C=O) groups is 1. The van der Waals surface area contributed by atoms with Crippen LogP contribution in [0.1, 0.15) is 35.1 Å². The third-order valence-electron chi connectivity index (χ3n) is 7.88. The lowest BCUT2D eigenvalue weighted by atomic mass is 9.76. The molecule has 0 aliphatic carbocycles. The van der Waals surface area contributed by atoms with Crippen molar-refractivity contribution in [1.29, 1.82) is 0 Å². The fourth-order valence-corrected chi connectivity index (χ4v) is 7.42. The molecule has 7 nitrogen and oxygen atoms in total. The summed E-state index contributed by atoms with van der Waals surface area (Å²) in [6.07, 6.45) is 0.847. The van der Waals surface area contributed by atoms with Crippen LogP contribution in [0.15, 0.2) is 60.7 Å². The molecule has 2 aliphatic rings. The quantitative estimate of drug-likeness (QED) is 0.266. The van der Waals surface area contributed by atoms with Gasteiger partial charge in [-0.15, -0.1) is 0 Å². The summed E-state index contributed by atoms with van der Waals surface area (Å²) in [6.45, 7) is 5.98. The van der Waals surface area contributed by atoms with E-state index >= 15 is 0 Å². The summed E-state index contributed by atoms with van der Waals surface area (Å²) in [6, 6.07) is 19.9. The predicted molar refractivity (Wildman–Crippen MR) is 153 cm³/mol. The molecule has 2 aliphatic heterocycles. The molecule has 208 valence electrons. The average Bonchev–Trinajstić information content (AvgIpc) is 3.24. The third kappa shape index (κ3) is 6.25. The summed E-state index contributed by atoms with van der Waals surface area (Å²) in [5, 5.41) is 9.28. The minimum atomic E-state index is -2.40. The van der Waals surface area contributed by atoms with Gasteiger partial charge in [-0.3, -0.25) is 13.9 Å². The van der Waals surface area contributed by atoms with Gasteiger partial charge in [-0.25, -0.2) is 0 Å². The van der Waals surface area contributed by atoms with E-state index in [1.165, 1.54) is 11.1 Å². The SMILES string of the molecule is Cc1ccc(COc2ccc(C3(CC(=O)O)COC3)cc2)c(C)c1-c1ccc(OCC2CCS(O)(O)C2)cc1. The van der Waals surface area contributed by atoms with Crippen molar-refractivity contribution < 1.29 is 33.2 Å². The van der Waals surface area contributed by atoms with Gasteiger partial charge in [-0.1, -0.05) is 36.4 Å². The van der Waals surface area contributed by atoms with Gasteiger partial charge < -0.3 is 19.3 Å². The normalized spacial score (nSPS) is 20.2. The molecule has 3 aromatic rings. The van der Waals surface area contributed by atoms with Crippen molar-refractivity contribution in [3.05, 3.63) is 82.9 Å². The van der Waals surface area contributed by atoms with E-state index in [0.29, 0.717) is 37.9 Å². The zero-order chi connectivity index (χ0) is 27.6. The summed E-state index contributed by atoms with van der Waals surface area (Å²) >= 11 is 0. The number of carboxylic acids is 1. The van der Waals surface area contributed by atoms with E-state index in [4.69, 9.17) is 14.2 Å². The Kier molecular flexibility index (Phi) is 7.91. The molecular formula is C31H36O7S. The van der Waals surface area contributed by atoms with Crippen LogP contribution >= 0.6 is 10.6 Å². The Hall–Kier alpha value is -3.04. The minimum Gasteiger partial charge on any atom is -0.493 e. The fraction of sp³-hybridized carbons (Fsp3) is 0.387. The Labute approximate surface area is 231 Å². The first-order chi connectivity index (χ1) is 18.6. The maximum atomic E-state index is 11.3. The average molecular weight is 553 g/mol. The first-order valence-corrected chi connectivity index (χ1v) is 15.1. The maximum Gasteiger partial charge on any atom is 0.304 e. The van der Waals surface area contributed by atoms with Crippen LogP contribution in [0.2, 0.25) is 0 Å². The summed E-state index contributed by atoms with van der Waals surface area (Å²) < 4.78 is 37.0.